The molecule has 0 bridgehead atoms. The molecule has 6 heteroatoms. The maximum absolute atomic E-state index is 5.95. The number of aromatic nitrogens is 2. The number of nitrogens with one attached hydrogen (secondary N) is 1. The lowest BCUT2D eigenvalue weighted by Crippen LogP contribution is -1.95. The van der Waals surface area contributed by atoms with Gasteiger partial charge in [0.2, 0.25) is 5.13 Å². The summed E-state index contributed by atoms with van der Waals surface area (Å²) in [4.78, 5) is 0. The zero-order chi connectivity index (χ0) is 11.4. The largest absolute Gasteiger partial charge is 0.485 e. The molecule has 0 spiro atoms. The van der Waals surface area contributed by atoms with Crippen LogP contribution < -0.4 is 10.1 Å². The van der Waals surface area contributed by atoms with Crippen molar-refractivity contribution in [3.63, 3.8) is 0 Å². The summed E-state index contributed by atoms with van der Waals surface area (Å²) in [6, 6.07) is 7.35. The molecule has 2 aromatic rings. The molecule has 1 N–H and O–H groups in total. The number of rotatable bonds is 4. The Morgan fingerprint density at radius 2 is 2.19 bits per heavy atom. The lowest BCUT2D eigenvalue weighted by atomic mass is 10.3. The van der Waals surface area contributed by atoms with Gasteiger partial charge in [-0.1, -0.05) is 35.1 Å². The molecule has 0 amide bonds. The fraction of sp³-hybridized carbons (Fsp3) is 0.200. The second-order valence-corrected chi connectivity index (χ2v) is 4.44. The molecule has 16 heavy (non-hydrogen) atoms. The van der Waals surface area contributed by atoms with E-state index in [1.165, 1.54) is 11.3 Å². The number of hydrogen-bond donors (Lipinski definition) is 1. The molecule has 0 saturated carbocycles. The molecule has 0 atom stereocenters. The summed E-state index contributed by atoms with van der Waals surface area (Å²) in [6.07, 6.45) is 0. The van der Waals surface area contributed by atoms with Gasteiger partial charge in [0.05, 0.1) is 5.02 Å². The Labute approximate surface area is 102 Å². The summed E-state index contributed by atoms with van der Waals surface area (Å²) < 4.78 is 5.53. The Bertz CT molecular complexity index is 475. The third kappa shape index (κ3) is 2.62. The van der Waals surface area contributed by atoms with Crippen LogP contribution in [0.25, 0.3) is 0 Å². The standard InChI is InChI=1S/C10H10ClN3OS/c1-12-10-14-13-9(16-10)6-15-8-5-3-2-4-7(8)11/h2-5H,6H2,1H3,(H,12,14). The number of hydrogen-bond acceptors (Lipinski definition) is 5. The third-order valence-corrected chi connectivity index (χ3v) is 3.10. The summed E-state index contributed by atoms with van der Waals surface area (Å²) >= 11 is 7.41. The van der Waals surface area contributed by atoms with Crippen molar-refractivity contribution in [2.45, 2.75) is 6.61 Å². The molecule has 2 rings (SSSR count). The maximum atomic E-state index is 5.95. The van der Waals surface area contributed by atoms with Crippen LogP contribution in [0.4, 0.5) is 5.13 Å². The SMILES string of the molecule is CNc1nnc(COc2ccccc2Cl)s1. The molecule has 0 aliphatic heterocycles. The van der Waals surface area contributed by atoms with Gasteiger partial charge in [0.15, 0.2) is 5.01 Å². The van der Waals surface area contributed by atoms with Gasteiger partial charge < -0.3 is 10.1 Å². The molecular weight excluding hydrogens is 246 g/mol. The van der Waals surface area contributed by atoms with Crippen LogP contribution in [-0.2, 0) is 6.61 Å². The molecule has 0 radical (unpaired) electrons. The smallest absolute Gasteiger partial charge is 0.205 e. The fourth-order valence-electron chi connectivity index (χ4n) is 1.11. The third-order valence-electron chi connectivity index (χ3n) is 1.87. The Kier molecular flexibility index (Phi) is 3.58. The molecular formula is C10H10ClN3OS. The summed E-state index contributed by atoms with van der Waals surface area (Å²) in [7, 11) is 1.80. The van der Waals surface area contributed by atoms with Crippen LogP contribution in [-0.4, -0.2) is 17.2 Å². The Morgan fingerprint density at radius 1 is 1.38 bits per heavy atom. The highest BCUT2D eigenvalue weighted by atomic mass is 35.5. The number of benzene rings is 1. The normalized spacial score (nSPS) is 10.1. The number of halogens is 1. The molecule has 1 heterocycles. The van der Waals surface area contributed by atoms with Crippen LogP contribution in [0.3, 0.4) is 0 Å². The minimum absolute atomic E-state index is 0.378. The van der Waals surface area contributed by atoms with E-state index in [-0.39, 0.29) is 0 Å². The zero-order valence-electron chi connectivity index (χ0n) is 8.61. The van der Waals surface area contributed by atoms with Crippen molar-refractivity contribution in [2.24, 2.45) is 0 Å². The van der Waals surface area contributed by atoms with E-state index in [4.69, 9.17) is 16.3 Å². The van der Waals surface area contributed by atoms with Gasteiger partial charge in [0, 0.05) is 7.05 Å². The highest BCUT2D eigenvalue weighted by molar-refractivity contribution is 7.15. The van der Waals surface area contributed by atoms with Crippen molar-refractivity contribution in [1.82, 2.24) is 10.2 Å². The van der Waals surface area contributed by atoms with Crippen LogP contribution in [0.2, 0.25) is 5.02 Å². The molecule has 1 aromatic heterocycles. The number of nitrogens with zero attached hydrogens (tertiary/aromatic N) is 2. The second-order valence-electron chi connectivity index (χ2n) is 2.97. The van der Waals surface area contributed by atoms with E-state index < -0.39 is 0 Å². The highest BCUT2D eigenvalue weighted by Gasteiger charge is 2.05. The van der Waals surface area contributed by atoms with E-state index in [9.17, 15) is 0 Å². The Morgan fingerprint density at radius 3 is 2.88 bits per heavy atom. The van der Waals surface area contributed by atoms with E-state index in [0.29, 0.717) is 17.4 Å². The Balaban J connectivity index is 1.99. The first-order chi connectivity index (χ1) is 7.79. The Hall–Kier alpha value is -1.33. The van der Waals surface area contributed by atoms with Gasteiger partial charge in [-0.05, 0) is 12.1 Å². The van der Waals surface area contributed by atoms with E-state index in [2.05, 4.69) is 15.5 Å². The first-order valence-electron chi connectivity index (χ1n) is 4.67. The minimum Gasteiger partial charge on any atom is -0.485 e. The summed E-state index contributed by atoms with van der Waals surface area (Å²) in [5.41, 5.74) is 0. The molecule has 84 valence electrons. The lowest BCUT2D eigenvalue weighted by molar-refractivity contribution is 0.305. The van der Waals surface area contributed by atoms with E-state index in [1.807, 2.05) is 18.2 Å². The fourth-order valence-corrected chi connectivity index (χ4v) is 1.91. The molecule has 1 aromatic carbocycles. The van der Waals surface area contributed by atoms with Gasteiger partial charge in [0.1, 0.15) is 12.4 Å². The van der Waals surface area contributed by atoms with Crippen molar-refractivity contribution < 1.29 is 4.74 Å². The van der Waals surface area contributed by atoms with Crippen molar-refractivity contribution in [3.05, 3.63) is 34.3 Å². The number of ether oxygens (including phenoxy) is 1. The second kappa shape index (κ2) is 5.14. The summed E-state index contributed by atoms with van der Waals surface area (Å²) in [6.45, 7) is 0.378. The minimum atomic E-state index is 0.378. The van der Waals surface area contributed by atoms with Crippen LogP contribution in [0.15, 0.2) is 24.3 Å². The van der Waals surface area contributed by atoms with Crippen molar-refractivity contribution >= 4 is 28.1 Å². The topological polar surface area (TPSA) is 47.0 Å². The van der Waals surface area contributed by atoms with Crippen LogP contribution >= 0.6 is 22.9 Å². The average molecular weight is 256 g/mol. The van der Waals surface area contributed by atoms with Gasteiger partial charge >= 0.3 is 0 Å². The predicted octanol–water partition coefficient (Wildman–Crippen LogP) is 2.81. The van der Waals surface area contributed by atoms with Crippen LogP contribution in [0.5, 0.6) is 5.75 Å². The molecule has 0 unspecified atom stereocenters. The van der Waals surface area contributed by atoms with Crippen molar-refractivity contribution in [2.75, 3.05) is 12.4 Å². The van der Waals surface area contributed by atoms with E-state index in [1.54, 1.807) is 13.1 Å². The number of anilines is 1. The first kappa shape index (κ1) is 11.2. The quantitative estimate of drug-likeness (QED) is 0.913. The van der Waals surface area contributed by atoms with Gasteiger partial charge in [-0.2, -0.15) is 0 Å². The number of para-hydroxylation sites is 1. The molecule has 0 saturated heterocycles. The monoisotopic (exact) mass is 255 g/mol. The maximum Gasteiger partial charge on any atom is 0.205 e. The van der Waals surface area contributed by atoms with Gasteiger partial charge in [-0.25, -0.2) is 0 Å². The molecule has 0 aliphatic rings. The highest BCUT2D eigenvalue weighted by Crippen LogP contribution is 2.24. The van der Waals surface area contributed by atoms with Crippen molar-refractivity contribution in [1.29, 1.82) is 0 Å². The van der Waals surface area contributed by atoms with E-state index in [0.717, 1.165) is 10.1 Å². The molecule has 4 nitrogen and oxygen atoms in total. The van der Waals surface area contributed by atoms with Gasteiger partial charge in [-0.15, -0.1) is 10.2 Å². The molecule has 0 fully saturated rings. The summed E-state index contributed by atoms with van der Waals surface area (Å²) in [5, 5.41) is 13.0. The van der Waals surface area contributed by atoms with Crippen molar-refractivity contribution in [3.8, 4) is 5.75 Å². The average Bonchev–Trinajstić information content (AvgIpc) is 2.76. The summed E-state index contributed by atoms with van der Waals surface area (Å²) in [5.74, 6) is 0.658. The molecule has 0 aliphatic carbocycles. The zero-order valence-corrected chi connectivity index (χ0v) is 10.2. The predicted molar refractivity (Wildman–Crippen MR) is 65.2 cm³/mol. The van der Waals surface area contributed by atoms with Crippen LogP contribution in [0, 0.1) is 0 Å². The van der Waals surface area contributed by atoms with Gasteiger partial charge in [0.25, 0.3) is 0 Å². The van der Waals surface area contributed by atoms with Gasteiger partial charge in [-0.3, -0.25) is 0 Å². The van der Waals surface area contributed by atoms with E-state index >= 15 is 0 Å². The first-order valence-corrected chi connectivity index (χ1v) is 5.86. The van der Waals surface area contributed by atoms with Crippen LogP contribution in [0.1, 0.15) is 5.01 Å². The lowest BCUT2D eigenvalue weighted by Gasteiger charge is -2.04.